The standard InChI is InChI=1S/C9H15N3OS/c1-3-7(2)12-9(13)10-4-8-5-14-6-11-8/h5-7H,3-4H2,1-2H3,(H2,10,12,13). The third-order valence-corrected chi connectivity index (χ3v) is 2.54. The summed E-state index contributed by atoms with van der Waals surface area (Å²) >= 11 is 1.53. The van der Waals surface area contributed by atoms with Gasteiger partial charge < -0.3 is 10.6 Å². The minimum atomic E-state index is -0.132. The number of amides is 2. The summed E-state index contributed by atoms with van der Waals surface area (Å²) in [6.45, 7) is 4.50. The van der Waals surface area contributed by atoms with Gasteiger partial charge in [-0.25, -0.2) is 9.78 Å². The van der Waals surface area contributed by atoms with Crippen LogP contribution in [0.25, 0.3) is 0 Å². The van der Waals surface area contributed by atoms with Gasteiger partial charge in [0.15, 0.2) is 0 Å². The van der Waals surface area contributed by atoms with Gasteiger partial charge in [0.2, 0.25) is 0 Å². The first-order valence-corrected chi connectivity index (χ1v) is 5.58. The topological polar surface area (TPSA) is 54.0 Å². The first kappa shape index (κ1) is 11.0. The average Bonchev–Trinajstić information content (AvgIpc) is 2.67. The van der Waals surface area contributed by atoms with Gasteiger partial charge in [-0.1, -0.05) is 6.92 Å². The molecule has 2 amide bonds. The summed E-state index contributed by atoms with van der Waals surface area (Å²) < 4.78 is 0. The van der Waals surface area contributed by atoms with Gasteiger partial charge in [-0.15, -0.1) is 11.3 Å². The van der Waals surface area contributed by atoms with Crippen molar-refractivity contribution in [2.75, 3.05) is 0 Å². The second-order valence-electron chi connectivity index (χ2n) is 3.12. The highest BCUT2D eigenvalue weighted by atomic mass is 32.1. The van der Waals surface area contributed by atoms with Gasteiger partial charge >= 0.3 is 6.03 Å². The zero-order chi connectivity index (χ0) is 10.4. The van der Waals surface area contributed by atoms with Crippen molar-refractivity contribution < 1.29 is 4.79 Å². The Hall–Kier alpha value is -1.10. The molecule has 0 fully saturated rings. The molecule has 2 N–H and O–H groups in total. The smallest absolute Gasteiger partial charge is 0.315 e. The maximum absolute atomic E-state index is 11.3. The number of urea groups is 1. The maximum atomic E-state index is 11.3. The molecule has 0 saturated heterocycles. The largest absolute Gasteiger partial charge is 0.336 e. The van der Waals surface area contributed by atoms with E-state index in [1.807, 2.05) is 19.2 Å². The lowest BCUT2D eigenvalue weighted by Gasteiger charge is -2.11. The van der Waals surface area contributed by atoms with Crippen molar-refractivity contribution >= 4 is 17.4 Å². The summed E-state index contributed by atoms with van der Waals surface area (Å²) in [5.74, 6) is 0. The molecule has 0 spiro atoms. The molecule has 0 bridgehead atoms. The minimum Gasteiger partial charge on any atom is -0.336 e. The lowest BCUT2D eigenvalue weighted by molar-refractivity contribution is 0.237. The van der Waals surface area contributed by atoms with E-state index in [4.69, 9.17) is 0 Å². The molecule has 0 aliphatic rings. The van der Waals surface area contributed by atoms with Crippen LogP contribution in [0.4, 0.5) is 4.79 Å². The molecule has 0 aromatic carbocycles. The molecular weight excluding hydrogens is 198 g/mol. The van der Waals surface area contributed by atoms with Crippen LogP contribution in [-0.4, -0.2) is 17.1 Å². The number of hydrogen-bond donors (Lipinski definition) is 2. The van der Waals surface area contributed by atoms with Crippen LogP contribution >= 0.6 is 11.3 Å². The van der Waals surface area contributed by atoms with E-state index in [2.05, 4.69) is 15.6 Å². The van der Waals surface area contributed by atoms with E-state index >= 15 is 0 Å². The van der Waals surface area contributed by atoms with Crippen LogP contribution in [0.15, 0.2) is 10.9 Å². The third kappa shape index (κ3) is 3.74. The molecular formula is C9H15N3OS. The fourth-order valence-corrected chi connectivity index (χ4v) is 1.43. The van der Waals surface area contributed by atoms with E-state index in [9.17, 15) is 4.79 Å². The molecule has 0 aliphatic carbocycles. The summed E-state index contributed by atoms with van der Waals surface area (Å²) in [5, 5.41) is 7.48. The second-order valence-corrected chi connectivity index (χ2v) is 3.83. The first-order valence-electron chi connectivity index (χ1n) is 4.63. The first-order chi connectivity index (χ1) is 6.72. The number of aromatic nitrogens is 1. The van der Waals surface area contributed by atoms with E-state index in [1.165, 1.54) is 11.3 Å². The molecule has 1 atom stereocenters. The van der Waals surface area contributed by atoms with Crippen LogP contribution in [-0.2, 0) is 6.54 Å². The molecule has 1 unspecified atom stereocenters. The Morgan fingerprint density at radius 2 is 2.50 bits per heavy atom. The number of nitrogens with one attached hydrogen (secondary N) is 2. The average molecular weight is 213 g/mol. The van der Waals surface area contributed by atoms with Gasteiger partial charge in [0.25, 0.3) is 0 Å². The molecule has 1 heterocycles. The quantitative estimate of drug-likeness (QED) is 0.800. The fraction of sp³-hybridized carbons (Fsp3) is 0.556. The number of carbonyl (C=O) groups excluding carboxylic acids is 1. The van der Waals surface area contributed by atoms with E-state index in [0.29, 0.717) is 6.54 Å². The van der Waals surface area contributed by atoms with Gasteiger partial charge in [-0.05, 0) is 13.3 Å². The summed E-state index contributed by atoms with van der Waals surface area (Å²) in [7, 11) is 0. The Kier molecular flexibility index (Phi) is 4.39. The van der Waals surface area contributed by atoms with Gasteiger partial charge in [0, 0.05) is 11.4 Å². The Morgan fingerprint density at radius 3 is 3.07 bits per heavy atom. The molecule has 1 aromatic rings. The summed E-state index contributed by atoms with van der Waals surface area (Å²) in [6, 6.07) is 0.0813. The molecule has 0 saturated carbocycles. The molecule has 5 heteroatoms. The SMILES string of the molecule is CCC(C)NC(=O)NCc1cscn1. The normalized spacial score (nSPS) is 12.1. The van der Waals surface area contributed by atoms with Gasteiger partial charge in [-0.3, -0.25) is 0 Å². The molecule has 4 nitrogen and oxygen atoms in total. The zero-order valence-electron chi connectivity index (χ0n) is 8.41. The highest BCUT2D eigenvalue weighted by molar-refractivity contribution is 7.07. The summed E-state index contributed by atoms with van der Waals surface area (Å²) in [6.07, 6.45) is 0.935. The Balaban J connectivity index is 2.22. The zero-order valence-corrected chi connectivity index (χ0v) is 9.23. The monoisotopic (exact) mass is 213 g/mol. The lowest BCUT2D eigenvalue weighted by Crippen LogP contribution is -2.40. The maximum Gasteiger partial charge on any atom is 0.315 e. The minimum absolute atomic E-state index is 0.132. The van der Waals surface area contributed by atoms with Crippen LogP contribution in [0.2, 0.25) is 0 Å². The van der Waals surface area contributed by atoms with Gasteiger partial charge in [-0.2, -0.15) is 0 Å². The van der Waals surface area contributed by atoms with E-state index < -0.39 is 0 Å². The lowest BCUT2D eigenvalue weighted by atomic mass is 10.3. The van der Waals surface area contributed by atoms with E-state index in [1.54, 1.807) is 5.51 Å². The van der Waals surface area contributed by atoms with Crippen molar-refractivity contribution in [3.63, 3.8) is 0 Å². The van der Waals surface area contributed by atoms with Crippen LogP contribution in [0.5, 0.6) is 0 Å². The van der Waals surface area contributed by atoms with E-state index in [0.717, 1.165) is 12.1 Å². The summed E-state index contributed by atoms with van der Waals surface area (Å²) in [4.78, 5) is 15.3. The van der Waals surface area contributed by atoms with Crippen molar-refractivity contribution in [3.05, 3.63) is 16.6 Å². The molecule has 0 aliphatic heterocycles. The predicted octanol–water partition coefficient (Wildman–Crippen LogP) is 1.74. The number of nitrogens with zero attached hydrogens (tertiary/aromatic N) is 1. The van der Waals surface area contributed by atoms with Gasteiger partial charge in [0.1, 0.15) is 0 Å². The Morgan fingerprint density at radius 1 is 1.71 bits per heavy atom. The number of rotatable bonds is 4. The Bertz CT molecular complexity index is 274. The number of thiazole rings is 1. The fourth-order valence-electron chi connectivity index (χ4n) is 0.873. The predicted molar refractivity (Wildman–Crippen MR) is 57.2 cm³/mol. The van der Waals surface area contributed by atoms with Crippen LogP contribution in [0.1, 0.15) is 26.0 Å². The van der Waals surface area contributed by atoms with Crippen molar-refractivity contribution in [3.8, 4) is 0 Å². The molecule has 1 rings (SSSR count). The van der Waals surface area contributed by atoms with Crippen molar-refractivity contribution in [1.29, 1.82) is 0 Å². The Labute approximate surface area is 87.7 Å². The highest BCUT2D eigenvalue weighted by Gasteiger charge is 2.04. The third-order valence-electron chi connectivity index (χ3n) is 1.90. The molecule has 1 aromatic heterocycles. The second kappa shape index (κ2) is 5.59. The van der Waals surface area contributed by atoms with E-state index in [-0.39, 0.29) is 12.1 Å². The summed E-state index contributed by atoms with van der Waals surface area (Å²) in [5.41, 5.74) is 2.65. The van der Waals surface area contributed by atoms with Crippen LogP contribution in [0.3, 0.4) is 0 Å². The van der Waals surface area contributed by atoms with Crippen molar-refractivity contribution in [2.45, 2.75) is 32.9 Å². The molecule has 14 heavy (non-hydrogen) atoms. The van der Waals surface area contributed by atoms with Gasteiger partial charge in [0.05, 0.1) is 17.7 Å². The van der Waals surface area contributed by atoms with Crippen molar-refractivity contribution in [2.24, 2.45) is 0 Å². The molecule has 0 radical (unpaired) electrons. The van der Waals surface area contributed by atoms with Crippen LogP contribution < -0.4 is 10.6 Å². The molecule has 78 valence electrons. The number of hydrogen-bond acceptors (Lipinski definition) is 3. The highest BCUT2D eigenvalue weighted by Crippen LogP contribution is 1.99. The number of carbonyl (C=O) groups is 1. The van der Waals surface area contributed by atoms with Crippen LogP contribution in [0, 0.1) is 0 Å². The van der Waals surface area contributed by atoms with Crippen molar-refractivity contribution in [1.82, 2.24) is 15.6 Å².